The highest BCUT2D eigenvalue weighted by Crippen LogP contribution is 2.43. The van der Waals surface area contributed by atoms with Crippen molar-refractivity contribution in [2.24, 2.45) is 5.41 Å². The van der Waals surface area contributed by atoms with E-state index >= 15 is 0 Å². The Bertz CT molecular complexity index is 1210. The van der Waals surface area contributed by atoms with Crippen molar-refractivity contribution in [3.8, 4) is 12.1 Å². The second-order valence-electron chi connectivity index (χ2n) is 7.86. The van der Waals surface area contributed by atoms with E-state index in [1.54, 1.807) is 0 Å². The number of halogens is 2. The second-order valence-corrected chi connectivity index (χ2v) is 8.92. The highest BCUT2D eigenvalue weighted by Gasteiger charge is 2.36. The molecule has 4 heteroatoms. The Hall–Kier alpha value is -3.04. The molecule has 0 fully saturated rings. The van der Waals surface area contributed by atoms with Crippen molar-refractivity contribution in [3.63, 3.8) is 0 Å². The van der Waals surface area contributed by atoms with Gasteiger partial charge in [0, 0.05) is 0 Å². The maximum absolute atomic E-state index is 9.92. The van der Waals surface area contributed by atoms with E-state index in [9.17, 15) is 10.5 Å². The quantitative estimate of drug-likeness (QED) is 0.283. The lowest BCUT2D eigenvalue weighted by Gasteiger charge is -2.24. The van der Waals surface area contributed by atoms with Crippen molar-refractivity contribution < 1.29 is 0 Å². The number of rotatable bonds is 6. The summed E-state index contributed by atoms with van der Waals surface area (Å²) in [5.41, 5.74) is 0.509. The van der Waals surface area contributed by atoms with Crippen LogP contribution in [-0.4, -0.2) is 0 Å². The van der Waals surface area contributed by atoms with E-state index in [-0.39, 0.29) is 12.8 Å². The maximum Gasteiger partial charge on any atom is 0.147 e. The maximum atomic E-state index is 9.92. The second kappa shape index (κ2) is 8.99. The van der Waals surface area contributed by atoms with Gasteiger partial charge in [0.2, 0.25) is 0 Å². The average Bonchev–Trinajstić information content (AvgIpc) is 2.82. The van der Waals surface area contributed by atoms with E-state index in [0.717, 1.165) is 32.7 Å². The van der Waals surface area contributed by atoms with Crippen molar-refractivity contribution in [1.82, 2.24) is 0 Å². The fraction of sp³-hybridized carbons (Fsp3) is 0.185. The van der Waals surface area contributed by atoms with Gasteiger partial charge in [0.05, 0.1) is 22.9 Å². The van der Waals surface area contributed by atoms with Crippen LogP contribution in [0.1, 0.15) is 34.7 Å². The summed E-state index contributed by atoms with van der Waals surface area (Å²) in [5.74, 6) is 0. The molecule has 4 rings (SSSR count). The molecule has 31 heavy (non-hydrogen) atoms. The Balaban J connectivity index is 1.57. The monoisotopic (exact) mass is 442 g/mol. The highest BCUT2D eigenvalue weighted by molar-refractivity contribution is 6.21. The van der Waals surface area contributed by atoms with Gasteiger partial charge in [-0.3, -0.25) is 0 Å². The van der Waals surface area contributed by atoms with Crippen LogP contribution in [0, 0.1) is 28.1 Å². The van der Waals surface area contributed by atoms with Gasteiger partial charge in [-0.05, 0) is 57.6 Å². The van der Waals surface area contributed by atoms with Crippen molar-refractivity contribution in [2.45, 2.75) is 23.6 Å². The third-order valence-electron chi connectivity index (χ3n) is 5.75. The Kier molecular flexibility index (Phi) is 6.15. The number of benzene rings is 4. The summed E-state index contributed by atoms with van der Waals surface area (Å²) < 4.78 is 0. The molecule has 0 aromatic heterocycles. The standard InChI is InChI=1S/C27H20Cl2N2/c28-25(23-11-9-19-5-1-3-7-21(19)13-23)15-27(17-30,18-31)16-26(29)24-12-10-20-6-2-4-8-22(20)14-24/h1-14,25-26H,15-16H2. The summed E-state index contributed by atoms with van der Waals surface area (Å²) in [7, 11) is 0. The van der Waals surface area contributed by atoms with Gasteiger partial charge >= 0.3 is 0 Å². The van der Waals surface area contributed by atoms with Crippen LogP contribution in [0.3, 0.4) is 0 Å². The van der Waals surface area contributed by atoms with Gasteiger partial charge in [-0.2, -0.15) is 10.5 Å². The normalized spacial score (nSPS) is 13.4. The number of nitrogens with zero attached hydrogens (tertiary/aromatic N) is 2. The SMILES string of the molecule is N#CC(C#N)(CC(Cl)c1ccc2ccccc2c1)CC(Cl)c1ccc2ccccc2c1. The van der Waals surface area contributed by atoms with Crippen LogP contribution in [0.4, 0.5) is 0 Å². The molecule has 152 valence electrons. The van der Waals surface area contributed by atoms with Crippen LogP contribution < -0.4 is 0 Å². The zero-order valence-corrected chi connectivity index (χ0v) is 18.3. The minimum Gasteiger partial charge on any atom is -0.197 e. The zero-order valence-electron chi connectivity index (χ0n) is 16.8. The third kappa shape index (κ3) is 4.52. The fourth-order valence-corrected chi connectivity index (χ4v) is 4.74. The van der Waals surface area contributed by atoms with Crippen molar-refractivity contribution in [3.05, 3.63) is 96.1 Å². The number of fused-ring (bicyclic) bond motifs is 2. The van der Waals surface area contributed by atoms with E-state index in [1.807, 2.05) is 84.9 Å². The largest absolute Gasteiger partial charge is 0.197 e. The van der Waals surface area contributed by atoms with Crippen molar-refractivity contribution in [1.29, 1.82) is 10.5 Å². The summed E-state index contributed by atoms with van der Waals surface area (Å²) in [5, 5.41) is 23.3. The minimum absolute atomic E-state index is 0.205. The van der Waals surface area contributed by atoms with Gasteiger partial charge in [0.1, 0.15) is 5.41 Å². The first-order valence-electron chi connectivity index (χ1n) is 10.1. The molecule has 0 aliphatic rings. The Labute approximate surface area is 192 Å². The molecular weight excluding hydrogens is 423 g/mol. The molecule has 2 atom stereocenters. The molecule has 0 radical (unpaired) electrons. The van der Waals surface area contributed by atoms with Gasteiger partial charge in [-0.25, -0.2) is 0 Å². The fourth-order valence-electron chi connectivity index (χ4n) is 3.94. The molecule has 0 aliphatic heterocycles. The third-order valence-corrected chi connectivity index (χ3v) is 6.57. The number of nitriles is 2. The first kappa shape index (κ1) is 21.2. The van der Waals surface area contributed by atoms with Gasteiger partial charge in [-0.15, -0.1) is 23.2 Å². The van der Waals surface area contributed by atoms with Gasteiger partial charge in [0.25, 0.3) is 0 Å². The summed E-state index contributed by atoms with van der Waals surface area (Å²) >= 11 is 13.4. The van der Waals surface area contributed by atoms with Crippen molar-refractivity contribution in [2.75, 3.05) is 0 Å². The van der Waals surface area contributed by atoms with E-state index in [1.165, 1.54) is 0 Å². The zero-order chi connectivity index (χ0) is 21.8. The van der Waals surface area contributed by atoms with Gasteiger partial charge in [0.15, 0.2) is 0 Å². The van der Waals surface area contributed by atoms with Crippen LogP contribution in [0.2, 0.25) is 0 Å². The highest BCUT2D eigenvalue weighted by atomic mass is 35.5. The minimum atomic E-state index is -1.28. The molecule has 0 aliphatic carbocycles. The molecule has 4 aromatic carbocycles. The molecule has 0 saturated heterocycles. The van der Waals surface area contributed by atoms with E-state index in [4.69, 9.17) is 23.2 Å². The first-order valence-corrected chi connectivity index (χ1v) is 11.0. The summed E-state index contributed by atoms with van der Waals surface area (Å²) in [6.07, 6.45) is 0.410. The number of alkyl halides is 2. The van der Waals surface area contributed by atoms with E-state index < -0.39 is 16.2 Å². The van der Waals surface area contributed by atoms with Crippen LogP contribution in [0.5, 0.6) is 0 Å². The predicted molar refractivity (Wildman–Crippen MR) is 128 cm³/mol. The molecular formula is C27H20Cl2N2. The Morgan fingerprint density at radius 2 is 1.00 bits per heavy atom. The van der Waals surface area contributed by atoms with E-state index in [2.05, 4.69) is 12.1 Å². The molecule has 0 N–H and O–H groups in total. The summed E-state index contributed by atoms with van der Waals surface area (Å²) in [4.78, 5) is 0. The molecule has 2 nitrogen and oxygen atoms in total. The summed E-state index contributed by atoms with van der Waals surface area (Å²) in [6, 6.07) is 32.5. The molecule has 4 aromatic rings. The van der Waals surface area contributed by atoms with Crippen LogP contribution >= 0.6 is 23.2 Å². The molecule has 2 unspecified atom stereocenters. The summed E-state index contributed by atoms with van der Waals surface area (Å²) in [6.45, 7) is 0. The Morgan fingerprint density at radius 3 is 1.39 bits per heavy atom. The van der Waals surface area contributed by atoms with Crippen molar-refractivity contribution >= 4 is 44.7 Å². The number of hydrogen-bond donors (Lipinski definition) is 0. The molecule has 0 spiro atoms. The molecule has 0 heterocycles. The lowest BCUT2D eigenvalue weighted by molar-refractivity contribution is 0.427. The average molecular weight is 443 g/mol. The van der Waals surface area contributed by atoms with Crippen LogP contribution in [0.25, 0.3) is 21.5 Å². The van der Waals surface area contributed by atoms with Crippen LogP contribution in [-0.2, 0) is 0 Å². The van der Waals surface area contributed by atoms with Gasteiger partial charge in [-0.1, -0.05) is 72.8 Å². The van der Waals surface area contributed by atoms with Gasteiger partial charge < -0.3 is 0 Å². The molecule has 0 bridgehead atoms. The first-order chi connectivity index (χ1) is 15.0. The molecule has 0 saturated carbocycles. The lowest BCUT2D eigenvalue weighted by Crippen LogP contribution is -2.20. The lowest BCUT2D eigenvalue weighted by atomic mass is 9.79. The molecule has 0 amide bonds. The predicted octanol–water partition coefficient (Wildman–Crippen LogP) is 8.07. The Morgan fingerprint density at radius 1 is 0.613 bits per heavy atom. The van der Waals surface area contributed by atoms with E-state index in [0.29, 0.717) is 0 Å². The topological polar surface area (TPSA) is 47.6 Å². The smallest absolute Gasteiger partial charge is 0.147 e. The van der Waals surface area contributed by atoms with Crippen LogP contribution in [0.15, 0.2) is 84.9 Å². The number of hydrogen-bond acceptors (Lipinski definition) is 2.